The van der Waals surface area contributed by atoms with Crippen molar-refractivity contribution in [2.75, 3.05) is 20.2 Å². The Morgan fingerprint density at radius 2 is 1.87 bits per heavy atom. The molecule has 0 bridgehead atoms. The Balaban J connectivity index is 0.000000284. The number of hydrogen-bond donors (Lipinski definition) is 3. The topological polar surface area (TPSA) is 95.9 Å². The van der Waals surface area contributed by atoms with Gasteiger partial charge < -0.3 is 20.3 Å². The average Bonchev–Trinajstić information content (AvgIpc) is 2.98. The van der Waals surface area contributed by atoms with Crippen LogP contribution in [0.25, 0.3) is 0 Å². The van der Waals surface area contributed by atoms with Crippen molar-refractivity contribution in [2.45, 2.75) is 12.0 Å². The van der Waals surface area contributed by atoms with Gasteiger partial charge >= 0.3 is 11.9 Å². The SMILES string of the molecule is CO[C@]1(c2cccc(F)c2F)CCNC1.O=C(O)/C=C/C(=O)O. The monoisotopic (exact) mass is 329 g/mol. The van der Waals surface area contributed by atoms with Crippen molar-refractivity contribution in [2.24, 2.45) is 0 Å². The number of benzene rings is 1. The van der Waals surface area contributed by atoms with Gasteiger partial charge in [-0.25, -0.2) is 18.4 Å². The fourth-order valence-electron chi connectivity index (χ4n) is 2.18. The van der Waals surface area contributed by atoms with Gasteiger partial charge in [-0.3, -0.25) is 0 Å². The van der Waals surface area contributed by atoms with E-state index in [2.05, 4.69) is 5.32 Å². The van der Waals surface area contributed by atoms with Gasteiger partial charge in [0.2, 0.25) is 0 Å². The van der Waals surface area contributed by atoms with Crippen LogP contribution in [0.3, 0.4) is 0 Å². The maximum atomic E-state index is 13.6. The molecule has 8 heteroatoms. The summed E-state index contributed by atoms with van der Waals surface area (Å²) in [4.78, 5) is 19.1. The molecule has 1 aromatic carbocycles. The first-order chi connectivity index (χ1) is 10.8. The Kier molecular flexibility index (Phi) is 6.80. The van der Waals surface area contributed by atoms with Gasteiger partial charge in [-0.15, -0.1) is 0 Å². The van der Waals surface area contributed by atoms with Crippen LogP contribution < -0.4 is 5.32 Å². The zero-order chi connectivity index (χ0) is 17.5. The van der Waals surface area contributed by atoms with E-state index >= 15 is 0 Å². The lowest BCUT2D eigenvalue weighted by Crippen LogP contribution is -2.32. The number of rotatable bonds is 4. The first-order valence-electron chi connectivity index (χ1n) is 6.66. The molecule has 1 aliphatic heterocycles. The van der Waals surface area contributed by atoms with Gasteiger partial charge in [0.1, 0.15) is 5.60 Å². The molecule has 0 radical (unpaired) electrons. The number of hydrogen-bond acceptors (Lipinski definition) is 4. The highest BCUT2D eigenvalue weighted by molar-refractivity contribution is 5.89. The second-order valence-electron chi connectivity index (χ2n) is 4.74. The minimum atomic E-state index is -1.26. The van der Waals surface area contributed by atoms with E-state index in [0.717, 1.165) is 12.6 Å². The minimum absolute atomic E-state index is 0.301. The highest BCUT2D eigenvalue weighted by Crippen LogP contribution is 2.33. The molecule has 1 fully saturated rings. The Hall–Kier alpha value is -2.32. The second kappa shape index (κ2) is 8.35. The molecule has 1 aromatic rings. The third-order valence-corrected chi connectivity index (χ3v) is 3.32. The molecule has 0 aromatic heterocycles. The number of carboxylic acid groups (broad SMARTS) is 2. The van der Waals surface area contributed by atoms with Crippen LogP contribution in [0.4, 0.5) is 8.78 Å². The summed E-state index contributed by atoms with van der Waals surface area (Å²) < 4.78 is 32.0. The summed E-state index contributed by atoms with van der Waals surface area (Å²) in [7, 11) is 1.53. The van der Waals surface area contributed by atoms with Gasteiger partial charge in [-0.05, 0) is 19.0 Å². The van der Waals surface area contributed by atoms with Gasteiger partial charge in [-0.1, -0.05) is 12.1 Å². The molecule has 2 rings (SSSR count). The van der Waals surface area contributed by atoms with Crippen LogP contribution in [0.2, 0.25) is 0 Å². The predicted octanol–water partition coefficient (Wildman–Crippen LogP) is 1.51. The highest BCUT2D eigenvalue weighted by Gasteiger charge is 2.38. The van der Waals surface area contributed by atoms with Gasteiger partial charge in [0, 0.05) is 31.4 Å². The van der Waals surface area contributed by atoms with Gasteiger partial charge in [0.05, 0.1) is 0 Å². The van der Waals surface area contributed by atoms with Crippen molar-refractivity contribution < 1.29 is 33.3 Å². The number of halogens is 2. The van der Waals surface area contributed by atoms with Crippen molar-refractivity contribution >= 4 is 11.9 Å². The molecule has 3 N–H and O–H groups in total. The smallest absolute Gasteiger partial charge is 0.328 e. The molecule has 1 atom stereocenters. The summed E-state index contributed by atoms with van der Waals surface area (Å²) in [5.41, 5.74) is -0.415. The summed E-state index contributed by atoms with van der Waals surface area (Å²) in [5, 5.41) is 18.7. The zero-order valence-electron chi connectivity index (χ0n) is 12.4. The number of carbonyl (C=O) groups is 2. The second-order valence-corrected chi connectivity index (χ2v) is 4.74. The molecule has 1 heterocycles. The van der Waals surface area contributed by atoms with Crippen molar-refractivity contribution in [1.29, 1.82) is 0 Å². The molecule has 1 saturated heterocycles. The van der Waals surface area contributed by atoms with Crippen molar-refractivity contribution in [1.82, 2.24) is 5.32 Å². The molecule has 1 aliphatic rings. The number of methoxy groups -OCH3 is 1. The third-order valence-electron chi connectivity index (χ3n) is 3.32. The molecule has 126 valence electrons. The Labute approximate surface area is 131 Å². The van der Waals surface area contributed by atoms with E-state index in [4.69, 9.17) is 14.9 Å². The van der Waals surface area contributed by atoms with Crippen LogP contribution in [-0.4, -0.2) is 42.4 Å². The van der Waals surface area contributed by atoms with Gasteiger partial charge in [0.15, 0.2) is 11.6 Å². The fourth-order valence-corrected chi connectivity index (χ4v) is 2.18. The molecule has 0 spiro atoms. The minimum Gasteiger partial charge on any atom is -0.478 e. The summed E-state index contributed by atoms with van der Waals surface area (Å²) in [5.74, 6) is -4.14. The number of aliphatic carboxylic acids is 2. The lowest BCUT2D eigenvalue weighted by atomic mass is 9.92. The first-order valence-corrected chi connectivity index (χ1v) is 6.66. The third kappa shape index (κ3) is 5.11. The van der Waals surface area contributed by atoms with Crippen LogP contribution in [0.1, 0.15) is 12.0 Å². The first kappa shape index (κ1) is 18.7. The van der Waals surface area contributed by atoms with Gasteiger partial charge in [0.25, 0.3) is 0 Å². The van der Waals surface area contributed by atoms with Gasteiger partial charge in [-0.2, -0.15) is 0 Å². The van der Waals surface area contributed by atoms with E-state index in [0.29, 0.717) is 30.7 Å². The number of nitrogens with one attached hydrogen (secondary N) is 1. The van der Waals surface area contributed by atoms with Crippen LogP contribution in [0.5, 0.6) is 0 Å². The molecular weight excluding hydrogens is 312 g/mol. The summed E-state index contributed by atoms with van der Waals surface area (Å²) >= 11 is 0. The summed E-state index contributed by atoms with van der Waals surface area (Å²) in [6, 6.07) is 4.20. The maximum Gasteiger partial charge on any atom is 0.328 e. The zero-order valence-corrected chi connectivity index (χ0v) is 12.4. The summed E-state index contributed by atoms with van der Waals surface area (Å²) in [6.07, 6.45) is 1.77. The Morgan fingerprint density at radius 1 is 1.26 bits per heavy atom. The standard InChI is InChI=1S/C11H13F2NO.C4H4O4/c1-15-11(5-6-14-7-11)8-3-2-4-9(12)10(8)13;5-3(6)1-2-4(7)8/h2-4,14H,5-7H2,1H3;1-2H,(H,5,6)(H,7,8)/b;2-1+/t11-;/m1./s1. The maximum absolute atomic E-state index is 13.6. The van der Waals surface area contributed by atoms with Crippen LogP contribution >= 0.6 is 0 Å². The average molecular weight is 329 g/mol. The van der Waals surface area contributed by atoms with E-state index in [1.165, 1.54) is 13.2 Å². The van der Waals surface area contributed by atoms with Crippen LogP contribution in [0.15, 0.2) is 30.4 Å². The predicted molar refractivity (Wildman–Crippen MR) is 76.9 cm³/mol. The molecule has 0 unspecified atom stereocenters. The largest absolute Gasteiger partial charge is 0.478 e. The van der Waals surface area contributed by atoms with E-state index in [9.17, 15) is 18.4 Å². The molecule has 0 saturated carbocycles. The fraction of sp³-hybridized carbons (Fsp3) is 0.333. The lowest BCUT2D eigenvalue weighted by molar-refractivity contribution is -0.134. The molecule has 23 heavy (non-hydrogen) atoms. The van der Waals surface area contributed by atoms with Crippen LogP contribution in [0, 0.1) is 11.6 Å². The molecule has 6 nitrogen and oxygen atoms in total. The Morgan fingerprint density at radius 3 is 2.30 bits per heavy atom. The van der Waals surface area contributed by atoms with E-state index in [1.807, 2.05) is 0 Å². The summed E-state index contributed by atoms with van der Waals surface area (Å²) in [6.45, 7) is 1.27. The lowest BCUT2D eigenvalue weighted by Gasteiger charge is -2.27. The normalized spacial score (nSPS) is 20.1. The van der Waals surface area contributed by atoms with Crippen LogP contribution in [-0.2, 0) is 19.9 Å². The van der Waals surface area contributed by atoms with Crippen molar-refractivity contribution in [3.8, 4) is 0 Å². The van der Waals surface area contributed by atoms with E-state index in [1.54, 1.807) is 6.07 Å². The van der Waals surface area contributed by atoms with E-state index in [-0.39, 0.29) is 0 Å². The van der Waals surface area contributed by atoms with Crippen molar-refractivity contribution in [3.63, 3.8) is 0 Å². The number of carboxylic acids is 2. The number of ether oxygens (including phenoxy) is 1. The highest BCUT2D eigenvalue weighted by atomic mass is 19.2. The van der Waals surface area contributed by atoms with Crippen molar-refractivity contribution in [3.05, 3.63) is 47.5 Å². The van der Waals surface area contributed by atoms with E-state index < -0.39 is 29.2 Å². The molecule has 0 aliphatic carbocycles. The quantitative estimate of drug-likeness (QED) is 0.725. The molecule has 0 amide bonds. The Bertz CT molecular complexity index is 582. The molecular formula is C15H17F2NO5.